The van der Waals surface area contributed by atoms with Gasteiger partial charge < -0.3 is 5.48 Å². The Balaban J connectivity index is 0.00000192. The highest BCUT2D eigenvalue weighted by molar-refractivity contribution is 7.85. The summed E-state index contributed by atoms with van der Waals surface area (Å²) in [5.41, 5.74) is 2.30. The predicted octanol–water partition coefficient (Wildman–Crippen LogP) is 2.95. The van der Waals surface area contributed by atoms with E-state index in [-0.39, 0.29) is 16.6 Å². The summed E-state index contributed by atoms with van der Waals surface area (Å²) in [4.78, 5) is 0. The van der Waals surface area contributed by atoms with E-state index in [1.165, 1.54) is 16.3 Å². The van der Waals surface area contributed by atoms with Gasteiger partial charge in [-0.05, 0) is 30.7 Å². The lowest BCUT2D eigenvalue weighted by Gasteiger charge is -2.14. The number of nitrogens with zero attached hydrogens (tertiary/aromatic N) is 1. The van der Waals surface area contributed by atoms with Gasteiger partial charge in [0.1, 0.15) is 6.54 Å². The fourth-order valence-electron chi connectivity index (χ4n) is 3.30. The first kappa shape index (κ1) is 17.6. The van der Waals surface area contributed by atoms with Gasteiger partial charge in [-0.1, -0.05) is 24.3 Å². The first-order valence-electron chi connectivity index (χ1n) is 7.38. The lowest BCUT2D eigenvalue weighted by molar-refractivity contribution is -0.433. The monoisotopic (exact) mass is 335 g/mol. The van der Waals surface area contributed by atoms with Crippen molar-refractivity contribution in [3.63, 3.8) is 0 Å². The molecule has 0 unspecified atom stereocenters. The van der Waals surface area contributed by atoms with Crippen LogP contribution in [0.4, 0.5) is 5.69 Å². The highest BCUT2D eigenvalue weighted by Gasteiger charge is 2.38. The molecule has 3 rings (SSSR count). The van der Waals surface area contributed by atoms with Crippen LogP contribution in [0.15, 0.2) is 36.4 Å². The molecule has 5 nitrogen and oxygen atoms in total. The van der Waals surface area contributed by atoms with Crippen LogP contribution in [-0.2, 0) is 15.5 Å². The van der Waals surface area contributed by atoms with E-state index in [0.717, 1.165) is 5.69 Å². The minimum Gasteiger partial charge on any atom is -0.870 e. The Morgan fingerprint density at radius 2 is 1.83 bits per heavy atom. The van der Waals surface area contributed by atoms with Crippen molar-refractivity contribution < 1.29 is 23.0 Å². The first-order valence-corrected chi connectivity index (χ1v) is 8.99. The number of benzene rings is 2. The minimum absolute atomic E-state index is 0. The molecule has 0 aromatic heterocycles. The van der Waals surface area contributed by atoms with E-state index in [9.17, 15) is 8.42 Å². The van der Waals surface area contributed by atoms with Crippen molar-refractivity contribution in [1.29, 1.82) is 0 Å². The third kappa shape index (κ3) is 3.44. The predicted molar refractivity (Wildman–Crippen MR) is 90.8 cm³/mol. The summed E-state index contributed by atoms with van der Waals surface area (Å²) in [6, 6.07) is 12.5. The summed E-state index contributed by atoms with van der Waals surface area (Å²) in [7, 11) is -3.90. The highest BCUT2D eigenvalue weighted by Crippen LogP contribution is 2.40. The zero-order valence-electron chi connectivity index (χ0n) is 13.2. The molecule has 0 saturated heterocycles. The van der Waals surface area contributed by atoms with Gasteiger partial charge in [-0.15, -0.1) is 0 Å². The average molecular weight is 335 g/mol. The Bertz CT molecular complexity index is 869. The average Bonchev–Trinajstić information content (AvgIpc) is 2.69. The maximum absolute atomic E-state index is 10.9. The zero-order valence-corrected chi connectivity index (χ0v) is 14.0. The molecule has 2 N–H and O–H groups in total. The number of hydrogen-bond acceptors (Lipinski definition) is 3. The van der Waals surface area contributed by atoms with Gasteiger partial charge in [-0.2, -0.15) is 8.42 Å². The standard InChI is InChI=1S/C17H19NO3S.H2O/c1-17(2)12-18(10-5-11-22(19,20)21)15-9-8-13-6-3-4-7-14(13)16(15)17;/h3-4,6-9,12H,5,10-11H2,1-2H3;1H2. The van der Waals surface area contributed by atoms with E-state index in [2.05, 4.69) is 48.9 Å². The molecule has 6 heteroatoms. The van der Waals surface area contributed by atoms with Crippen molar-refractivity contribution in [2.75, 3.05) is 12.3 Å². The quantitative estimate of drug-likeness (QED) is 0.687. The molecule has 2 aromatic rings. The van der Waals surface area contributed by atoms with Gasteiger partial charge in [-0.25, -0.2) is 4.58 Å². The molecule has 1 aliphatic heterocycles. The van der Waals surface area contributed by atoms with Crippen molar-refractivity contribution in [2.24, 2.45) is 0 Å². The van der Waals surface area contributed by atoms with Crippen molar-refractivity contribution in [3.8, 4) is 0 Å². The zero-order chi connectivity index (χ0) is 16.0. The van der Waals surface area contributed by atoms with Crippen LogP contribution in [0.1, 0.15) is 25.8 Å². The Labute approximate surface area is 136 Å². The van der Waals surface area contributed by atoms with Gasteiger partial charge in [0.2, 0.25) is 5.69 Å². The normalized spacial score (nSPS) is 15.9. The van der Waals surface area contributed by atoms with Crippen molar-refractivity contribution >= 4 is 32.8 Å². The molecule has 2 aromatic carbocycles. The Kier molecular flexibility index (Phi) is 4.61. The molecule has 1 heterocycles. The molecule has 0 saturated carbocycles. The fraction of sp³-hybridized carbons (Fsp3) is 0.353. The molecular weight excluding hydrogens is 314 g/mol. The van der Waals surface area contributed by atoms with E-state index in [1.807, 2.05) is 12.1 Å². The van der Waals surface area contributed by atoms with Gasteiger partial charge in [0, 0.05) is 18.1 Å². The van der Waals surface area contributed by atoms with E-state index >= 15 is 0 Å². The maximum Gasteiger partial charge on any atom is 0.265 e. The van der Waals surface area contributed by atoms with Gasteiger partial charge in [-0.3, -0.25) is 4.55 Å². The molecular formula is C17H21NO4S. The van der Waals surface area contributed by atoms with Gasteiger partial charge in [0.25, 0.3) is 10.1 Å². The van der Waals surface area contributed by atoms with Gasteiger partial charge >= 0.3 is 0 Å². The van der Waals surface area contributed by atoms with Gasteiger partial charge in [0.15, 0.2) is 6.21 Å². The van der Waals surface area contributed by atoms with Crippen LogP contribution in [0, 0.1) is 0 Å². The van der Waals surface area contributed by atoms with Crippen molar-refractivity contribution in [1.82, 2.24) is 0 Å². The van der Waals surface area contributed by atoms with Crippen LogP contribution in [-0.4, -0.2) is 41.5 Å². The van der Waals surface area contributed by atoms with Crippen molar-refractivity contribution in [3.05, 3.63) is 42.0 Å². The van der Waals surface area contributed by atoms with Crippen LogP contribution in [0.3, 0.4) is 0 Å². The Hall–Kier alpha value is -1.76. The molecule has 23 heavy (non-hydrogen) atoms. The second kappa shape index (κ2) is 6.03. The third-order valence-corrected chi connectivity index (χ3v) is 4.95. The molecule has 124 valence electrons. The van der Waals surface area contributed by atoms with Crippen LogP contribution in [0.25, 0.3) is 10.8 Å². The smallest absolute Gasteiger partial charge is 0.265 e. The van der Waals surface area contributed by atoms with Crippen LogP contribution in [0.5, 0.6) is 0 Å². The second-order valence-corrected chi connectivity index (χ2v) is 7.94. The molecule has 0 bridgehead atoms. The summed E-state index contributed by atoms with van der Waals surface area (Å²) in [6.07, 6.45) is 2.55. The SMILES string of the molecule is CC1(C)C=[N+](CCCS(=O)(=O)O)c2ccc3ccccc3c21.[OH-]. The van der Waals surface area contributed by atoms with E-state index in [4.69, 9.17) is 4.55 Å². The largest absolute Gasteiger partial charge is 0.870 e. The molecule has 0 atom stereocenters. The summed E-state index contributed by atoms with van der Waals surface area (Å²) in [6.45, 7) is 4.91. The second-order valence-electron chi connectivity index (χ2n) is 6.36. The highest BCUT2D eigenvalue weighted by atomic mass is 32.2. The first-order chi connectivity index (χ1) is 10.3. The lowest BCUT2D eigenvalue weighted by atomic mass is 9.84. The number of fused-ring (bicyclic) bond motifs is 3. The molecule has 0 fully saturated rings. The number of hydrogen-bond donors (Lipinski definition) is 1. The lowest BCUT2D eigenvalue weighted by Crippen LogP contribution is -2.18. The molecule has 0 amide bonds. The third-order valence-electron chi connectivity index (χ3n) is 4.14. The van der Waals surface area contributed by atoms with E-state index in [1.54, 1.807) is 0 Å². The van der Waals surface area contributed by atoms with E-state index < -0.39 is 10.1 Å². The Morgan fingerprint density at radius 3 is 2.52 bits per heavy atom. The summed E-state index contributed by atoms with van der Waals surface area (Å²) in [5.74, 6) is -0.208. The molecule has 0 aliphatic carbocycles. The number of rotatable bonds is 4. The van der Waals surface area contributed by atoms with Crippen molar-refractivity contribution in [2.45, 2.75) is 25.7 Å². The maximum atomic E-state index is 10.9. The Morgan fingerprint density at radius 1 is 1.13 bits per heavy atom. The van der Waals surface area contributed by atoms with E-state index in [0.29, 0.717) is 13.0 Å². The van der Waals surface area contributed by atoms with Crippen LogP contribution in [0.2, 0.25) is 0 Å². The topological polar surface area (TPSA) is 87.4 Å². The molecule has 1 aliphatic rings. The van der Waals surface area contributed by atoms with Crippen LogP contribution >= 0.6 is 0 Å². The molecule has 0 radical (unpaired) electrons. The minimum atomic E-state index is -3.90. The van der Waals surface area contributed by atoms with Gasteiger partial charge in [0.05, 0.1) is 11.2 Å². The summed E-state index contributed by atoms with van der Waals surface area (Å²) >= 11 is 0. The fourth-order valence-corrected chi connectivity index (χ4v) is 3.80. The summed E-state index contributed by atoms with van der Waals surface area (Å²) in [5, 5.41) is 2.45. The molecule has 0 spiro atoms. The van der Waals surface area contributed by atoms with Crippen LogP contribution < -0.4 is 0 Å². The summed E-state index contributed by atoms with van der Waals surface area (Å²) < 4.78 is 32.7.